The van der Waals surface area contributed by atoms with E-state index in [2.05, 4.69) is 5.40 Å². The van der Waals surface area contributed by atoms with E-state index in [0.717, 1.165) is 17.1 Å². The maximum Gasteiger partial charge on any atom is 0.133 e. The van der Waals surface area contributed by atoms with Crippen LogP contribution in [0.5, 0.6) is 11.5 Å². The van der Waals surface area contributed by atoms with Gasteiger partial charge in [0, 0.05) is 5.75 Å². The first-order valence-electron chi connectivity index (χ1n) is 5.21. The summed E-state index contributed by atoms with van der Waals surface area (Å²) in [5.74, 6) is 2.30. The molecule has 84 valence electrons. The molecular formula is C14H11NOS. The summed E-state index contributed by atoms with van der Waals surface area (Å²) in [6, 6.07) is 17.4. The number of thioether (sulfide) groups is 1. The molecular weight excluding hydrogens is 230 g/mol. The molecule has 0 aliphatic carbocycles. The Hall–Kier alpha value is -1.92. The molecule has 0 aliphatic rings. The number of rotatable bonds is 4. The number of ether oxygens (including phenoxy) is 1. The van der Waals surface area contributed by atoms with Gasteiger partial charge in [-0.05, 0) is 41.6 Å². The van der Waals surface area contributed by atoms with Gasteiger partial charge in [-0.1, -0.05) is 30.3 Å². The minimum atomic E-state index is 0.683. The van der Waals surface area contributed by atoms with E-state index in [4.69, 9.17) is 10.00 Å². The van der Waals surface area contributed by atoms with Gasteiger partial charge in [-0.25, -0.2) is 0 Å². The van der Waals surface area contributed by atoms with Gasteiger partial charge in [0.15, 0.2) is 0 Å². The molecule has 2 aromatic carbocycles. The van der Waals surface area contributed by atoms with Gasteiger partial charge < -0.3 is 4.74 Å². The van der Waals surface area contributed by atoms with Crippen molar-refractivity contribution in [1.29, 1.82) is 5.26 Å². The number of benzene rings is 2. The second kappa shape index (κ2) is 5.97. The highest BCUT2D eigenvalue weighted by Gasteiger charge is 1.98. The van der Waals surface area contributed by atoms with Crippen LogP contribution < -0.4 is 4.74 Å². The van der Waals surface area contributed by atoms with Crippen LogP contribution in [0.3, 0.4) is 0 Å². The van der Waals surface area contributed by atoms with E-state index in [1.54, 1.807) is 0 Å². The first kappa shape index (κ1) is 11.6. The Morgan fingerprint density at radius 2 is 1.76 bits per heavy atom. The SMILES string of the molecule is N#CSCc1cccc(Oc2ccccc2)c1. The van der Waals surface area contributed by atoms with Crippen LogP contribution >= 0.6 is 11.8 Å². The zero-order chi connectivity index (χ0) is 11.9. The predicted octanol–water partition coefficient (Wildman–Crippen LogP) is 4.19. The van der Waals surface area contributed by atoms with Crippen molar-refractivity contribution in [2.75, 3.05) is 0 Å². The Morgan fingerprint density at radius 1 is 1.00 bits per heavy atom. The monoisotopic (exact) mass is 241 g/mol. The summed E-state index contributed by atoms with van der Waals surface area (Å²) in [6.45, 7) is 0. The van der Waals surface area contributed by atoms with Crippen LogP contribution in [0.25, 0.3) is 0 Å². The van der Waals surface area contributed by atoms with Gasteiger partial charge in [-0.3, -0.25) is 0 Å². The standard InChI is InChI=1S/C14H11NOS/c15-11-17-10-12-5-4-8-14(9-12)16-13-6-2-1-3-7-13/h1-9H,10H2. The zero-order valence-corrected chi connectivity index (χ0v) is 9.98. The second-order valence-corrected chi connectivity index (χ2v) is 4.20. The first-order chi connectivity index (χ1) is 8.38. The fraction of sp³-hybridized carbons (Fsp3) is 0.0714. The smallest absolute Gasteiger partial charge is 0.133 e. The minimum Gasteiger partial charge on any atom is -0.457 e. The predicted molar refractivity (Wildman–Crippen MR) is 69.9 cm³/mol. The molecule has 0 saturated heterocycles. The van der Waals surface area contributed by atoms with Crippen molar-refractivity contribution in [1.82, 2.24) is 0 Å². The molecule has 0 bridgehead atoms. The summed E-state index contributed by atoms with van der Waals surface area (Å²) in [5.41, 5.74) is 1.09. The highest BCUT2D eigenvalue weighted by molar-refractivity contribution is 8.02. The van der Waals surface area contributed by atoms with Gasteiger partial charge in [-0.15, -0.1) is 0 Å². The van der Waals surface area contributed by atoms with E-state index in [1.165, 1.54) is 11.8 Å². The van der Waals surface area contributed by atoms with E-state index < -0.39 is 0 Å². The van der Waals surface area contributed by atoms with E-state index >= 15 is 0 Å². The summed E-state index contributed by atoms with van der Waals surface area (Å²) >= 11 is 1.23. The molecule has 0 saturated carbocycles. The van der Waals surface area contributed by atoms with Gasteiger partial charge in [0.05, 0.1) is 0 Å². The minimum absolute atomic E-state index is 0.683. The van der Waals surface area contributed by atoms with Crippen LogP contribution in [0.15, 0.2) is 54.6 Å². The van der Waals surface area contributed by atoms with Crippen molar-refractivity contribution < 1.29 is 4.74 Å². The van der Waals surface area contributed by atoms with Crippen LogP contribution in [0.1, 0.15) is 5.56 Å². The Balaban J connectivity index is 2.09. The average molecular weight is 241 g/mol. The topological polar surface area (TPSA) is 33.0 Å². The highest BCUT2D eigenvalue weighted by atomic mass is 32.2. The maximum absolute atomic E-state index is 8.51. The molecule has 0 aromatic heterocycles. The molecule has 2 nitrogen and oxygen atoms in total. The lowest BCUT2D eigenvalue weighted by Crippen LogP contribution is -1.85. The lowest BCUT2D eigenvalue weighted by Gasteiger charge is -2.06. The highest BCUT2D eigenvalue weighted by Crippen LogP contribution is 2.23. The zero-order valence-electron chi connectivity index (χ0n) is 9.17. The molecule has 0 aliphatic heterocycles. The van der Waals surface area contributed by atoms with Crippen LogP contribution in [0.4, 0.5) is 0 Å². The molecule has 3 heteroatoms. The van der Waals surface area contributed by atoms with Crippen molar-refractivity contribution in [3.63, 3.8) is 0 Å². The molecule has 0 unspecified atom stereocenters. The fourth-order valence-electron chi connectivity index (χ4n) is 1.44. The molecule has 0 amide bonds. The average Bonchev–Trinajstić information content (AvgIpc) is 2.38. The third-order valence-electron chi connectivity index (χ3n) is 2.18. The molecule has 0 radical (unpaired) electrons. The van der Waals surface area contributed by atoms with E-state index in [-0.39, 0.29) is 0 Å². The number of thiocyanates is 1. The Kier molecular flexibility index (Phi) is 4.06. The van der Waals surface area contributed by atoms with Gasteiger partial charge in [0.1, 0.15) is 16.9 Å². The second-order valence-electron chi connectivity index (χ2n) is 3.44. The normalized spacial score (nSPS) is 9.59. The summed E-state index contributed by atoms with van der Waals surface area (Å²) in [5, 5.41) is 10.6. The van der Waals surface area contributed by atoms with Crippen LogP contribution in [-0.2, 0) is 5.75 Å². The summed E-state index contributed by atoms with van der Waals surface area (Å²) in [7, 11) is 0. The van der Waals surface area contributed by atoms with Gasteiger partial charge >= 0.3 is 0 Å². The first-order valence-corrected chi connectivity index (χ1v) is 6.20. The molecule has 0 fully saturated rings. The molecule has 0 heterocycles. The van der Waals surface area contributed by atoms with Crippen molar-refractivity contribution >= 4 is 11.8 Å². The fourth-order valence-corrected chi connectivity index (χ4v) is 1.85. The maximum atomic E-state index is 8.51. The number of para-hydroxylation sites is 1. The number of nitriles is 1. The lowest BCUT2D eigenvalue weighted by molar-refractivity contribution is 0.482. The van der Waals surface area contributed by atoms with E-state index in [0.29, 0.717) is 5.75 Å². The third kappa shape index (κ3) is 3.54. The Labute approximate surface area is 105 Å². The van der Waals surface area contributed by atoms with Crippen molar-refractivity contribution in [2.45, 2.75) is 5.75 Å². The number of hydrogen-bond acceptors (Lipinski definition) is 3. The van der Waals surface area contributed by atoms with Gasteiger partial charge in [0.25, 0.3) is 0 Å². The molecule has 2 rings (SSSR count). The molecule has 0 spiro atoms. The van der Waals surface area contributed by atoms with Crippen LogP contribution in [0.2, 0.25) is 0 Å². The van der Waals surface area contributed by atoms with Crippen molar-refractivity contribution in [2.24, 2.45) is 0 Å². The Morgan fingerprint density at radius 3 is 2.53 bits per heavy atom. The summed E-state index contributed by atoms with van der Waals surface area (Å²) < 4.78 is 5.71. The summed E-state index contributed by atoms with van der Waals surface area (Å²) in [6.07, 6.45) is 0. The largest absolute Gasteiger partial charge is 0.457 e. The number of hydrogen-bond donors (Lipinski definition) is 0. The van der Waals surface area contributed by atoms with Crippen LogP contribution in [-0.4, -0.2) is 0 Å². The molecule has 0 N–H and O–H groups in total. The van der Waals surface area contributed by atoms with Crippen LogP contribution in [0, 0.1) is 10.7 Å². The van der Waals surface area contributed by atoms with Gasteiger partial charge in [-0.2, -0.15) is 5.26 Å². The number of nitrogens with zero attached hydrogens (tertiary/aromatic N) is 1. The van der Waals surface area contributed by atoms with Crippen molar-refractivity contribution in [3.8, 4) is 16.9 Å². The van der Waals surface area contributed by atoms with Gasteiger partial charge in [0.2, 0.25) is 0 Å². The molecule has 2 aromatic rings. The van der Waals surface area contributed by atoms with E-state index in [1.807, 2.05) is 54.6 Å². The lowest BCUT2D eigenvalue weighted by atomic mass is 10.2. The van der Waals surface area contributed by atoms with Crippen molar-refractivity contribution in [3.05, 3.63) is 60.2 Å². The van der Waals surface area contributed by atoms with E-state index in [9.17, 15) is 0 Å². The Bertz CT molecular complexity index is 519. The summed E-state index contributed by atoms with van der Waals surface area (Å²) in [4.78, 5) is 0. The molecule has 0 atom stereocenters. The third-order valence-corrected chi connectivity index (χ3v) is 2.79. The quantitative estimate of drug-likeness (QED) is 0.752. The molecule has 17 heavy (non-hydrogen) atoms.